The molecule has 0 saturated carbocycles. The average Bonchev–Trinajstić information content (AvgIpc) is 2.59. The lowest BCUT2D eigenvalue weighted by Crippen LogP contribution is -2.09. The molecular weight excluding hydrogens is 130 g/mol. The molecular formula is C6H6N3O. The summed E-state index contributed by atoms with van der Waals surface area (Å²) in [5.41, 5.74) is 0.859. The van der Waals surface area contributed by atoms with Gasteiger partial charge in [0.1, 0.15) is 18.0 Å². The van der Waals surface area contributed by atoms with Crippen molar-refractivity contribution in [2.75, 3.05) is 6.54 Å². The summed E-state index contributed by atoms with van der Waals surface area (Å²) in [6.45, 7) is 0.770. The Balaban J connectivity index is 2.20. The van der Waals surface area contributed by atoms with Crippen molar-refractivity contribution >= 4 is 6.34 Å². The molecule has 1 aliphatic heterocycles. The van der Waals surface area contributed by atoms with Gasteiger partial charge in [0.15, 0.2) is 6.34 Å². The van der Waals surface area contributed by atoms with E-state index < -0.39 is 0 Å². The quantitative estimate of drug-likeness (QED) is 0.601. The van der Waals surface area contributed by atoms with Crippen molar-refractivity contribution in [1.29, 1.82) is 0 Å². The summed E-state index contributed by atoms with van der Waals surface area (Å²) in [6.07, 6.45) is 4.20. The topological polar surface area (TPSA) is 50.4 Å². The lowest BCUT2D eigenvalue weighted by atomic mass is 10.2. The summed E-state index contributed by atoms with van der Waals surface area (Å²) in [7, 11) is 0. The normalized spacial score (nSPS) is 23.0. The van der Waals surface area contributed by atoms with Gasteiger partial charge in [-0.2, -0.15) is 0 Å². The molecule has 1 radical (unpaired) electrons. The van der Waals surface area contributed by atoms with E-state index in [0.717, 1.165) is 12.2 Å². The number of nitrogens with zero attached hydrogens (tertiary/aromatic N) is 2. The molecule has 0 amide bonds. The highest BCUT2D eigenvalue weighted by atomic mass is 16.5. The Bertz CT molecular complexity index is 229. The van der Waals surface area contributed by atoms with Crippen LogP contribution in [0.1, 0.15) is 11.7 Å². The minimum absolute atomic E-state index is 0.0961. The van der Waals surface area contributed by atoms with Crippen molar-refractivity contribution in [2.24, 2.45) is 4.99 Å². The van der Waals surface area contributed by atoms with Crippen molar-refractivity contribution in [2.45, 2.75) is 6.04 Å². The van der Waals surface area contributed by atoms with Crippen molar-refractivity contribution in [3.63, 3.8) is 0 Å². The monoisotopic (exact) mass is 136 g/mol. The lowest BCUT2D eigenvalue weighted by Gasteiger charge is -1.97. The molecule has 2 rings (SSSR count). The molecule has 0 aliphatic carbocycles. The van der Waals surface area contributed by atoms with E-state index in [1.807, 2.05) is 6.07 Å². The highest BCUT2D eigenvalue weighted by molar-refractivity contribution is 5.57. The van der Waals surface area contributed by atoms with Gasteiger partial charge >= 0.3 is 0 Å². The van der Waals surface area contributed by atoms with E-state index in [2.05, 4.69) is 26.3 Å². The van der Waals surface area contributed by atoms with Crippen LogP contribution >= 0.6 is 0 Å². The van der Waals surface area contributed by atoms with Gasteiger partial charge < -0.3 is 9.84 Å². The Morgan fingerprint density at radius 2 is 2.80 bits per heavy atom. The van der Waals surface area contributed by atoms with Crippen molar-refractivity contribution < 1.29 is 4.52 Å². The maximum Gasteiger partial charge on any atom is 0.164 e. The van der Waals surface area contributed by atoms with E-state index >= 15 is 0 Å². The van der Waals surface area contributed by atoms with Crippen molar-refractivity contribution in [3.05, 3.63) is 18.0 Å². The minimum atomic E-state index is 0.0961. The Morgan fingerprint density at radius 1 is 1.80 bits per heavy atom. The predicted molar refractivity (Wildman–Crippen MR) is 34.7 cm³/mol. The zero-order valence-corrected chi connectivity index (χ0v) is 5.24. The van der Waals surface area contributed by atoms with Crippen LogP contribution in [0.3, 0.4) is 0 Å². The molecule has 1 aromatic rings. The van der Waals surface area contributed by atoms with Gasteiger partial charge in [0.25, 0.3) is 0 Å². The second kappa shape index (κ2) is 2.13. The molecule has 1 atom stereocenters. The van der Waals surface area contributed by atoms with Gasteiger partial charge in [-0.25, -0.2) is 0 Å². The van der Waals surface area contributed by atoms with Crippen LogP contribution in [-0.4, -0.2) is 18.0 Å². The minimum Gasteiger partial charge on any atom is -0.365 e. The second-order valence-corrected chi connectivity index (χ2v) is 2.06. The van der Waals surface area contributed by atoms with E-state index in [-0.39, 0.29) is 6.04 Å². The fourth-order valence-electron chi connectivity index (χ4n) is 0.876. The number of aromatic nitrogens is 1. The Morgan fingerprint density at radius 3 is 3.40 bits per heavy atom. The number of hydrogen-bond acceptors (Lipinski definition) is 4. The summed E-state index contributed by atoms with van der Waals surface area (Å²) < 4.78 is 4.66. The highest BCUT2D eigenvalue weighted by Gasteiger charge is 2.15. The van der Waals surface area contributed by atoms with Crippen LogP contribution < -0.4 is 5.32 Å². The van der Waals surface area contributed by atoms with Crippen LogP contribution in [0, 0.1) is 0 Å². The molecule has 0 fully saturated rings. The number of hydrogen-bond donors (Lipinski definition) is 1. The molecule has 0 aromatic carbocycles. The van der Waals surface area contributed by atoms with E-state index in [1.165, 1.54) is 0 Å². The SMILES string of the molecule is [C]1=NC(c2ccon2)CN1. The first-order valence-electron chi connectivity index (χ1n) is 3.05. The Hall–Kier alpha value is -1.32. The average molecular weight is 136 g/mol. The first kappa shape index (κ1) is 5.46. The molecule has 51 valence electrons. The predicted octanol–water partition coefficient (Wildman–Crippen LogP) is 0.224. The van der Waals surface area contributed by atoms with Gasteiger partial charge in [0.05, 0.1) is 0 Å². The van der Waals surface area contributed by atoms with Crippen LogP contribution in [0.4, 0.5) is 0 Å². The van der Waals surface area contributed by atoms with Crippen LogP contribution in [0.5, 0.6) is 0 Å². The number of nitrogens with one attached hydrogen (secondary N) is 1. The maximum absolute atomic E-state index is 4.66. The van der Waals surface area contributed by atoms with Crippen LogP contribution in [0.15, 0.2) is 21.8 Å². The Labute approximate surface area is 57.9 Å². The van der Waals surface area contributed by atoms with Gasteiger partial charge in [-0.1, -0.05) is 5.16 Å². The third kappa shape index (κ3) is 0.775. The van der Waals surface area contributed by atoms with Gasteiger partial charge in [-0.15, -0.1) is 0 Å². The molecule has 4 nitrogen and oxygen atoms in total. The fraction of sp³-hybridized carbons (Fsp3) is 0.333. The van der Waals surface area contributed by atoms with E-state index in [4.69, 9.17) is 0 Å². The standard InChI is InChI=1S/C6H6N3O/c1-2-10-9-5(1)6-3-7-4-8-6/h1-2,6H,3H2,(H,7,8). The molecule has 4 heteroatoms. The molecule has 1 aliphatic rings. The highest BCUT2D eigenvalue weighted by Crippen LogP contribution is 2.15. The van der Waals surface area contributed by atoms with E-state index in [0.29, 0.717) is 0 Å². The van der Waals surface area contributed by atoms with Gasteiger partial charge in [-0.05, 0) is 0 Å². The van der Waals surface area contributed by atoms with E-state index in [9.17, 15) is 0 Å². The van der Waals surface area contributed by atoms with Crippen LogP contribution in [-0.2, 0) is 0 Å². The second-order valence-electron chi connectivity index (χ2n) is 2.06. The van der Waals surface area contributed by atoms with Crippen molar-refractivity contribution in [3.8, 4) is 0 Å². The molecule has 0 spiro atoms. The first-order valence-corrected chi connectivity index (χ1v) is 3.05. The molecule has 1 unspecified atom stereocenters. The zero-order valence-electron chi connectivity index (χ0n) is 5.24. The summed E-state index contributed by atoms with van der Waals surface area (Å²) in [5.74, 6) is 0. The fourth-order valence-corrected chi connectivity index (χ4v) is 0.876. The molecule has 1 aromatic heterocycles. The van der Waals surface area contributed by atoms with Crippen molar-refractivity contribution in [1.82, 2.24) is 10.5 Å². The summed E-state index contributed by atoms with van der Waals surface area (Å²) in [4.78, 5) is 3.99. The molecule has 2 heterocycles. The number of aliphatic imine (C=N–C) groups is 1. The smallest absolute Gasteiger partial charge is 0.164 e. The summed E-state index contributed by atoms with van der Waals surface area (Å²) in [6, 6.07) is 1.90. The van der Waals surface area contributed by atoms with Gasteiger partial charge in [0, 0.05) is 12.6 Å². The van der Waals surface area contributed by atoms with Gasteiger partial charge in [0.2, 0.25) is 0 Å². The molecule has 10 heavy (non-hydrogen) atoms. The number of rotatable bonds is 1. The van der Waals surface area contributed by atoms with E-state index in [1.54, 1.807) is 6.26 Å². The lowest BCUT2D eigenvalue weighted by molar-refractivity contribution is 0.406. The summed E-state index contributed by atoms with van der Waals surface area (Å²) in [5, 5.41) is 6.61. The molecule has 0 bridgehead atoms. The Kier molecular flexibility index (Phi) is 1.16. The largest absolute Gasteiger partial charge is 0.365 e. The maximum atomic E-state index is 4.66. The third-order valence-corrected chi connectivity index (χ3v) is 1.39. The third-order valence-electron chi connectivity index (χ3n) is 1.39. The molecule has 1 N–H and O–H groups in total. The first-order chi connectivity index (χ1) is 4.97. The van der Waals surface area contributed by atoms with Gasteiger partial charge in [-0.3, -0.25) is 4.99 Å². The van der Waals surface area contributed by atoms with Crippen LogP contribution in [0.25, 0.3) is 0 Å². The molecule has 0 saturated heterocycles. The van der Waals surface area contributed by atoms with Crippen LogP contribution in [0.2, 0.25) is 0 Å². The zero-order chi connectivity index (χ0) is 6.81. The summed E-state index contributed by atoms with van der Waals surface area (Å²) >= 11 is 0.